The third kappa shape index (κ3) is 13.4. The van der Waals surface area contributed by atoms with Crippen LogP contribution >= 0.6 is 0 Å². The van der Waals surface area contributed by atoms with Crippen molar-refractivity contribution in [2.24, 2.45) is 5.41 Å². The van der Waals surface area contributed by atoms with E-state index >= 15 is 0 Å². The number of carbonyl (C=O) groups is 5. The van der Waals surface area contributed by atoms with Crippen molar-refractivity contribution >= 4 is 29.8 Å². The Bertz CT molecular complexity index is 702. The molecule has 0 N–H and O–H groups in total. The predicted octanol–water partition coefficient (Wildman–Crippen LogP) is -0.828. The smallest absolute Gasteiger partial charge is 0.319 e. The number of hydrogen-bond donors (Lipinski definition) is 0. The minimum Gasteiger partial charge on any atom is -0.468 e. The molecule has 0 aromatic carbocycles. The van der Waals surface area contributed by atoms with Gasteiger partial charge in [-0.05, 0) is 5.41 Å². The van der Waals surface area contributed by atoms with Gasteiger partial charge in [0.2, 0.25) is 0 Å². The van der Waals surface area contributed by atoms with Crippen LogP contribution in [-0.2, 0) is 47.7 Å². The average Bonchev–Trinajstić information content (AvgIpc) is 2.83. The zero-order valence-corrected chi connectivity index (χ0v) is 22.7. The highest BCUT2D eigenvalue weighted by Crippen LogP contribution is 2.26. The van der Waals surface area contributed by atoms with Crippen molar-refractivity contribution in [2.75, 3.05) is 87.9 Å². The van der Waals surface area contributed by atoms with Gasteiger partial charge in [-0.3, -0.25) is 38.7 Å². The molecule has 0 saturated heterocycles. The quantitative estimate of drug-likeness (QED) is 0.185. The first kappa shape index (κ1) is 33.2. The van der Waals surface area contributed by atoms with Gasteiger partial charge in [0.25, 0.3) is 0 Å². The lowest BCUT2D eigenvalue weighted by atomic mass is 9.85. The standard InChI is InChI=1S/C23H41N3O10/c1-23(2,3)17(26(15-21(30)35-7)16-22(31)36-8)11-24(12-18(27)32-4)9-10-25(13-19(28)33-5)14-20(29)34-6/h17H,9-16H2,1-8H3. The molecule has 1 atom stereocenters. The molecule has 13 heteroatoms. The summed E-state index contributed by atoms with van der Waals surface area (Å²) in [5.41, 5.74) is -0.450. The number of methoxy groups -OCH3 is 5. The fraction of sp³-hybridized carbons (Fsp3) is 0.783. The Balaban J connectivity index is 5.94. The zero-order valence-electron chi connectivity index (χ0n) is 22.7. The first-order valence-corrected chi connectivity index (χ1v) is 11.3. The number of esters is 5. The van der Waals surface area contributed by atoms with Gasteiger partial charge in [-0.25, -0.2) is 0 Å². The minimum atomic E-state index is -0.534. The molecular formula is C23H41N3O10. The Morgan fingerprint density at radius 1 is 0.556 bits per heavy atom. The fourth-order valence-electron chi connectivity index (χ4n) is 3.39. The van der Waals surface area contributed by atoms with Crippen LogP contribution in [0.2, 0.25) is 0 Å². The molecule has 36 heavy (non-hydrogen) atoms. The van der Waals surface area contributed by atoms with Gasteiger partial charge in [0.1, 0.15) is 0 Å². The number of hydrogen-bond acceptors (Lipinski definition) is 13. The van der Waals surface area contributed by atoms with Crippen molar-refractivity contribution in [1.82, 2.24) is 14.7 Å². The molecule has 0 aliphatic rings. The second-order valence-corrected chi connectivity index (χ2v) is 9.11. The molecule has 208 valence electrons. The lowest BCUT2D eigenvalue weighted by molar-refractivity contribution is -0.149. The van der Waals surface area contributed by atoms with Gasteiger partial charge < -0.3 is 23.7 Å². The highest BCUT2D eigenvalue weighted by atomic mass is 16.5. The van der Waals surface area contributed by atoms with Gasteiger partial charge in [-0.2, -0.15) is 0 Å². The molecule has 0 bridgehead atoms. The van der Waals surface area contributed by atoms with E-state index in [1.807, 2.05) is 20.8 Å². The number of nitrogens with zero attached hydrogens (tertiary/aromatic N) is 3. The summed E-state index contributed by atoms with van der Waals surface area (Å²) in [6.07, 6.45) is 0. The van der Waals surface area contributed by atoms with Crippen LogP contribution in [-0.4, -0.2) is 138 Å². The summed E-state index contributed by atoms with van der Waals surface area (Å²) >= 11 is 0. The van der Waals surface area contributed by atoms with Crippen LogP contribution in [0, 0.1) is 5.41 Å². The van der Waals surface area contributed by atoms with Crippen molar-refractivity contribution in [3.63, 3.8) is 0 Å². The van der Waals surface area contributed by atoms with Crippen molar-refractivity contribution in [1.29, 1.82) is 0 Å². The molecule has 0 spiro atoms. The molecule has 13 nitrogen and oxygen atoms in total. The molecule has 0 radical (unpaired) electrons. The van der Waals surface area contributed by atoms with Crippen LogP contribution in [0.4, 0.5) is 0 Å². The number of ether oxygens (including phenoxy) is 5. The molecule has 0 aliphatic carbocycles. The molecular weight excluding hydrogens is 478 g/mol. The van der Waals surface area contributed by atoms with Gasteiger partial charge in [0, 0.05) is 25.7 Å². The lowest BCUT2D eigenvalue weighted by Crippen LogP contribution is -2.55. The van der Waals surface area contributed by atoms with E-state index in [9.17, 15) is 24.0 Å². The van der Waals surface area contributed by atoms with Gasteiger partial charge in [0.05, 0.1) is 68.3 Å². The second-order valence-electron chi connectivity index (χ2n) is 9.11. The Morgan fingerprint density at radius 3 is 1.19 bits per heavy atom. The van der Waals surface area contributed by atoms with Crippen LogP contribution in [0.15, 0.2) is 0 Å². The van der Waals surface area contributed by atoms with E-state index in [-0.39, 0.29) is 52.4 Å². The van der Waals surface area contributed by atoms with Gasteiger partial charge >= 0.3 is 29.8 Å². The maximum absolute atomic E-state index is 12.2. The molecule has 1 unspecified atom stereocenters. The molecule has 0 aliphatic heterocycles. The molecule has 0 heterocycles. The zero-order chi connectivity index (χ0) is 27.9. The van der Waals surface area contributed by atoms with Gasteiger partial charge in [0.15, 0.2) is 0 Å². The summed E-state index contributed by atoms with van der Waals surface area (Å²) in [5.74, 6) is -2.63. The molecule has 0 amide bonds. The molecule has 0 saturated carbocycles. The Kier molecular flexibility index (Phi) is 15.5. The normalized spacial score (nSPS) is 12.3. The number of rotatable bonds is 16. The fourth-order valence-corrected chi connectivity index (χ4v) is 3.39. The predicted molar refractivity (Wildman–Crippen MR) is 128 cm³/mol. The monoisotopic (exact) mass is 519 g/mol. The first-order valence-electron chi connectivity index (χ1n) is 11.3. The SMILES string of the molecule is COC(=O)CN(CCN(CC(=O)OC)CC(N(CC(=O)OC)CC(=O)OC)C(C)(C)C)CC(=O)OC. The Labute approximate surface area is 212 Å². The largest absolute Gasteiger partial charge is 0.468 e. The molecule has 0 fully saturated rings. The maximum Gasteiger partial charge on any atom is 0.319 e. The first-order chi connectivity index (χ1) is 16.8. The van der Waals surface area contributed by atoms with E-state index in [0.717, 1.165) is 0 Å². The second kappa shape index (κ2) is 16.8. The van der Waals surface area contributed by atoms with E-state index in [0.29, 0.717) is 0 Å². The molecule has 0 rings (SSSR count). The van der Waals surface area contributed by atoms with Crippen LogP contribution < -0.4 is 0 Å². The van der Waals surface area contributed by atoms with Crippen LogP contribution in [0.3, 0.4) is 0 Å². The van der Waals surface area contributed by atoms with Crippen LogP contribution in [0.25, 0.3) is 0 Å². The van der Waals surface area contributed by atoms with E-state index in [2.05, 4.69) is 0 Å². The topological polar surface area (TPSA) is 141 Å². The molecule has 0 aromatic heterocycles. The summed E-state index contributed by atoms with van der Waals surface area (Å²) < 4.78 is 23.9. The number of carbonyl (C=O) groups excluding carboxylic acids is 5. The lowest BCUT2D eigenvalue weighted by Gasteiger charge is -2.42. The summed E-state index contributed by atoms with van der Waals surface area (Å²) in [4.78, 5) is 65.0. The van der Waals surface area contributed by atoms with E-state index < -0.39 is 41.3 Å². The van der Waals surface area contributed by atoms with Crippen molar-refractivity contribution < 1.29 is 47.7 Å². The van der Waals surface area contributed by atoms with Gasteiger partial charge in [-0.15, -0.1) is 0 Å². The van der Waals surface area contributed by atoms with E-state index in [1.165, 1.54) is 40.4 Å². The van der Waals surface area contributed by atoms with Crippen LogP contribution in [0.1, 0.15) is 20.8 Å². The third-order valence-electron chi connectivity index (χ3n) is 5.46. The summed E-state index contributed by atoms with van der Waals surface area (Å²) in [6.45, 7) is 5.78. The van der Waals surface area contributed by atoms with Gasteiger partial charge in [-0.1, -0.05) is 20.8 Å². The Hall–Kier alpha value is -2.77. The minimum absolute atomic E-state index is 0.0995. The average molecular weight is 520 g/mol. The van der Waals surface area contributed by atoms with E-state index in [4.69, 9.17) is 23.7 Å². The summed E-state index contributed by atoms with van der Waals surface area (Å²) in [5, 5.41) is 0. The third-order valence-corrected chi connectivity index (χ3v) is 5.46. The van der Waals surface area contributed by atoms with Crippen molar-refractivity contribution in [3.8, 4) is 0 Å². The Morgan fingerprint density at radius 2 is 0.861 bits per heavy atom. The van der Waals surface area contributed by atoms with Crippen molar-refractivity contribution in [2.45, 2.75) is 26.8 Å². The highest BCUT2D eigenvalue weighted by Gasteiger charge is 2.35. The van der Waals surface area contributed by atoms with Crippen LogP contribution in [0.5, 0.6) is 0 Å². The van der Waals surface area contributed by atoms with Crippen molar-refractivity contribution in [3.05, 3.63) is 0 Å². The molecule has 0 aromatic rings. The highest BCUT2D eigenvalue weighted by molar-refractivity contribution is 5.75. The maximum atomic E-state index is 12.2. The summed E-state index contributed by atoms with van der Waals surface area (Å²) in [6, 6.07) is -0.407. The van der Waals surface area contributed by atoms with E-state index in [1.54, 1.807) is 9.80 Å². The summed E-state index contributed by atoms with van der Waals surface area (Å²) in [7, 11) is 6.26.